The highest BCUT2D eigenvalue weighted by atomic mass is 28.4. The number of unbranched alkanes of at least 4 members (excludes halogenated alkanes) is 5. The molecule has 1 unspecified atom stereocenters. The number of rotatable bonds is 14. The number of benzene rings is 2. The molecule has 5 heteroatoms. The average Bonchev–Trinajstić information content (AvgIpc) is 3.19. The minimum Gasteiger partial charge on any atom is -0.407 e. The lowest BCUT2D eigenvalue weighted by Gasteiger charge is -2.31. The van der Waals surface area contributed by atoms with Gasteiger partial charge in [0.05, 0.1) is 6.10 Å². The third kappa shape index (κ3) is 7.68. The molecule has 2 radical (unpaired) electrons. The van der Waals surface area contributed by atoms with Crippen LogP contribution in [0.5, 0.6) is 0 Å². The van der Waals surface area contributed by atoms with Crippen LogP contribution < -0.4 is 0 Å². The Morgan fingerprint density at radius 3 is 2.06 bits per heavy atom. The summed E-state index contributed by atoms with van der Waals surface area (Å²) in [6, 6.07) is 23.7. The molecule has 0 spiro atoms. The lowest BCUT2D eigenvalue weighted by molar-refractivity contribution is 0.260. The minimum absolute atomic E-state index is 0.0488. The SMILES string of the molecule is CO[Si]1(C)CCCN1CCCCCCCC[Si]OC(c1ccccc1)c1ccccc1. The van der Waals surface area contributed by atoms with Gasteiger partial charge in [0, 0.05) is 7.11 Å². The fourth-order valence-electron chi connectivity index (χ4n) is 4.51. The van der Waals surface area contributed by atoms with Gasteiger partial charge < -0.3 is 13.4 Å². The van der Waals surface area contributed by atoms with Gasteiger partial charge in [0.2, 0.25) is 9.76 Å². The predicted molar refractivity (Wildman–Crippen MR) is 134 cm³/mol. The fourth-order valence-corrected chi connectivity index (χ4v) is 8.31. The largest absolute Gasteiger partial charge is 0.407 e. The molecule has 2 aromatic carbocycles. The van der Waals surface area contributed by atoms with Crippen molar-refractivity contribution >= 4 is 18.2 Å². The van der Waals surface area contributed by atoms with Crippen LogP contribution in [0.3, 0.4) is 0 Å². The molecule has 31 heavy (non-hydrogen) atoms. The molecule has 3 nitrogen and oxygen atoms in total. The summed E-state index contributed by atoms with van der Waals surface area (Å²) in [4.78, 5) is 0. The molecule has 1 fully saturated rings. The van der Waals surface area contributed by atoms with E-state index in [0.717, 1.165) is 0 Å². The Kier molecular flexibility index (Phi) is 10.5. The molecule has 1 aliphatic heterocycles. The molecule has 0 amide bonds. The van der Waals surface area contributed by atoms with Crippen LogP contribution in [0.15, 0.2) is 60.7 Å². The second-order valence-corrected chi connectivity index (χ2v) is 13.7. The molecule has 0 aliphatic carbocycles. The Labute approximate surface area is 193 Å². The van der Waals surface area contributed by atoms with Crippen LogP contribution in [0, 0.1) is 0 Å². The third-order valence-corrected chi connectivity index (χ3v) is 11.4. The van der Waals surface area contributed by atoms with Crippen molar-refractivity contribution in [3.05, 3.63) is 71.8 Å². The summed E-state index contributed by atoms with van der Waals surface area (Å²) >= 11 is 0. The van der Waals surface area contributed by atoms with Gasteiger partial charge in [-0.2, -0.15) is 0 Å². The van der Waals surface area contributed by atoms with E-state index in [1.165, 1.54) is 81.3 Å². The van der Waals surface area contributed by atoms with E-state index in [0.29, 0.717) is 9.76 Å². The highest BCUT2D eigenvalue weighted by Gasteiger charge is 2.39. The zero-order chi connectivity index (χ0) is 21.8. The molecule has 168 valence electrons. The molecule has 1 aliphatic rings. The van der Waals surface area contributed by atoms with Gasteiger partial charge in [-0.05, 0) is 55.7 Å². The number of nitrogens with zero attached hydrogens (tertiary/aromatic N) is 1. The van der Waals surface area contributed by atoms with Gasteiger partial charge in [-0.15, -0.1) is 0 Å². The molecule has 0 saturated carbocycles. The van der Waals surface area contributed by atoms with E-state index in [1.807, 2.05) is 7.11 Å². The van der Waals surface area contributed by atoms with Crippen molar-refractivity contribution in [1.82, 2.24) is 4.57 Å². The summed E-state index contributed by atoms with van der Waals surface area (Å²) in [5, 5.41) is 0. The summed E-state index contributed by atoms with van der Waals surface area (Å²) < 4.78 is 14.9. The normalized spacial score (nSPS) is 19.3. The maximum atomic E-state index is 6.36. The molecule has 0 aromatic heterocycles. The van der Waals surface area contributed by atoms with E-state index in [-0.39, 0.29) is 6.10 Å². The summed E-state index contributed by atoms with van der Waals surface area (Å²) in [7, 11) is 0.952. The van der Waals surface area contributed by atoms with E-state index < -0.39 is 8.48 Å². The monoisotopic (exact) mass is 453 g/mol. The van der Waals surface area contributed by atoms with Gasteiger partial charge in [0.15, 0.2) is 0 Å². The van der Waals surface area contributed by atoms with Crippen LogP contribution in [0.25, 0.3) is 0 Å². The van der Waals surface area contributed by atoms with Gasteiger partial charge in [0.25, 0.3) is 8.48 Å². The minimum atomic E-state index is -1.52. The maximum absolute atomic E-state index is 6.36. The maximum Gasteiger partial charge on any atom is 0.267 e. The molecule has 3 rings (SSSR count). The number of hydrogen-bond acceptors (Lipinski definition) is 3. The molecular formula is C26H39NO2Si2. The summed E-state index contributed by atoms with van der Waals surface area (Å²) in [6.45, 7) is 4.87. The van der Waals surface area contributed by atoms with Crippen molar-refractivity contribution in [2.75, 3.05) is 20.2 Å². The van der Waals surface area contributed by atoms with E-state index in [9.17, 15) is 0 Å². The quantitative estimate of drug-likeness (QED) is 0.238. The molecule has 1 atom stereocenters. The Balaban J connectivity index is 1.27. The summed E-state index contributed by atoms with van der Waals surface area (Å²) in [5.74, 6) is 0. The first kappa shape index (κ1) is 24.4. The van der Waals surface area contributed by atoms with Crippen molar-refractivity contribution < 1.29 is 8.85 Å². The third-order valence-electron chi connectivity index (χ3n) is 6.54. The van der Waals surface area contributed by atoms with Gasteiger partial charge >= 0.3 is 0 Å². The number of hydrogen-bond donors (Lipinski definition) is 0. The zero-order valence-electron chi connectivity index (χ0n) is 19.4. The van der Waals surface area contributed by atoms with Gasteiger partial charge in [0.1, 0.15) is 0 Å². The van der Waals surface area contributed by atoms with Crippen molar-refractivity contribution in [3.63, 3.8) is 0 Å². The second kappa shape index (κ2) is 13.3. The molecule has 0 N–H and O–H groups in total. The van der Waals surface area contributed by atoms with Crippen LogP contribution >= 0.6 is 0 Å². The van der Waals surface area contributed by atoms with Gasteiger partial charge in [-0.1, -0.05) is 92.8 Å². The molecule has 1 heterocycles. The summed E-state index contributed by atoms with van der Waals surface area (Å²) in [6.07, 6.45) is 9.37. The van der Waals surface area contributed by atoms with Gasteiger partial charge in [-0.25, -0.2) is 0 Å². The zero-order valence-corrected chi connectivity index (χ0v) is 21.4. The molecule has 2 aromatic rings. The van der Waals surface area contributed by atoms with Crippen molar-refractivity contribution in [3.8, 4) is 0 Å². The average molecular weight is 454 g/mol. The van der Waals surface area contributed by atoms with E-state index >= 15 is 0 Å². The van der Waals surface area contributed by atoms with E-state index in [4.69, 9.17) is 8.85 Å². The lowest BCUT2D eigenvalue weighted by Crippen LogP contribution is -2.48. The van der Waals surface area contributed by atoms with Crippen LogP contribution in [-0.2, 0) is 8.85 Å². The Bertz CT molecular complexity index is 691. The van der Waals surface area contributed by atoms with Crippen molar-refractivity contribution in [2.45, 2.75) is 69.7 Å². The first-order valence-corrected chi connectivity index (χ1v) is 15.7. The highest BCUT2D eigenvalue weighted by molar-refractivity contribution is 6.70. The van der Waals surface area contributed by atoms with Crippen molar-refractivity contribution in [1.29, 1.82) is 0 Å². The van der Waals surface area contributed by atoms with Crippen LogP contribution in [-0.4, -0.2) is 43.0 Å². The topological polar surface area (TPSA) is 21.7 Å². The summed E-state index contributed by atoms with van der Waals surface area (Å²) in [5.41, 5.74) is 2.48. The van der Waals surface area contributed by atoms with Crippen LogP contribution in [0.2, 0.25) is 18.6 Å². The van der Waals surface area contributed by atoms with Gasteiger partial charge in [-0.3, -0.25) is 0 Å². The molecular weight excluding hydrogens is 414 g/mol. The van der Waals surface area contributed by atoms with Crippen LogP contribution in [0.4, 0.5) is 0 Å². The smallest absolute Gasteiger partial charge is 0.267 e. The first-order valence-electron chi connectivity index (χ1n) is 12.0. The first-order chi connectivity index (χ1) is 15.2. The van der Waals surface area contributed by atoms with E-state index in [2.05, 4.69) is 71.8 Å². The molecule has 1 saturated heterocycles. The van der Waals surface area contributed by atoms with E-state index in [1.54, 1.807) is 0 Å². The lowest BCUT2D eigenvalue weighted by atomic mass is 10.0. The Hall–Kier alpha value is -1.25. The standard InChI is InChI=1S/C26H39NO2Si2/c1-28-31(2)23-15-21-27(31)20-13-5-3-4-6-14-22-30-29-26(24-16-9-7-10-17-24)25-18-11-8-12-19-25/h7-12,16-19,26H,3-6,13-15,20-23H2,1-2H3. The fraction of sp³-hybridized carbons (Fsp3) is 0.538. The second-order valence-electron chi connectivity index (χ2n) is 8.80. The predicted octanol–water partition coefficient (Wildman–Crippen LogP) is 6.59. The molecule has 0 bridgehead atoms. The van der Waals surface area contributed by atoms with Crippen molar-refractivity contribution in [2.24, 2.45) is 0 Å². The van der Waals surface area contributed by atoms with Crippen LogP contribution in [0.1, 0.15) is 62.2 Å². The highest BCUT2D eigenvalue weighted by Crippen LogP contribution is 2.27. The Morgan fingerprint density at radius 1 is 0.871 bits per heavy atom. The Morgan fingerprint density at radius 2 is 1.45 bits per heavy atom.